The SMILES string of the molecule is COC(=O)C(C)(N)CSc1nccc(=O)[nH]1. The minimum atomic E-state index is -1.10. The predicted octanol–water partition coefficient (Wildman–Crippen LogP) is -0.248. The number of nitrogens with two attached hydrogens (primary N) is 1. The Morgan fingerprint density at radius 2 is 2.44 bits per heavy atom. The van der Waals surface area contributed by atoms with Crippen LogP contribution in [0, 0.1) is 0 Å². The smallest absolute Gasteiger partial charge is 0.326 e. The van der Waals surface area contributed by atoms with Crippen molar-refractivity contribution < 1.29 is 9.53 Å². The van der Waals surface area contributed by atoms with Gasteiger partial charge in [-0.3, -0.25) is 9.59 Å². The lowest BCUT2D eigenvalue weighted by molar-refractivity contribution is -0.145. The van der Waals surface area contributed by atoms with Gasteiger partial charge >= 0.3 is 5.97 Å². The van der Waals surface area contributed by atoms with Crippen LogP contribution in [0.1, 0.15) is 6.92 Å². The summed E-state index contributed by atoms with van der Waals surface area (Å²) in [5, 5.41) is 0.424. The summed E-state index contributed by atoms with van der Waals surface area (Å²) in [6.07, 6.45) is 1.40. The Kier molecular flexibility index (Phi) is 4.08. The standard InChI is InChI=1S/C9H13N3O3S/c1-9(10,7(14)15-2)5-16-8-11-4-3-6(13)12-8/h3-4H,5,10H2,1-2H3,(H,11,12,13). The molecule has 1 aromatic heterocycles. The van der Waals surface area contributed by atoms with Crippen LogP contribution in [0.2, 0.25) is 0 Å². The van der Waals surface area contributed by atoms with Crippen LogP contribution in [0.5, 0.6) is 0 Å². The lowest BCUT2D eigenvalue weighted by Gasteiger charge is -2.20. The van der Waals surface area contributed by atoms with E-state index in [0.717, 1.165) is 0 Å². The van der Waals surface area contributed by atoms with Crippen molar-refractivity contribution in [3.63, 3.8) is 0 Å². The third-order valence-corrected chi connectivity index (χ3v) is 3.03. The fourth-order valence-corrected chi connectivity index (χ4v) is 1.80. The molecule has 0 radical (unpaired) electrons. The van der Waals surface area contributed by atoms with Crippen LogP contribution >= 0.6 is 11.8 Å². The summed E-state index contributed by atoms with van der Waals surface area (Å²) >= 11 is 1.19. The van der Waals surface area contributed by atoms with Gasteiger partial charge in [0.2, 0.25) is 0 Å². The van der Waals surface area contributed by atoms with E-state index in [9.17, 15) is 9.59 Å². The second-order valence-electron chi connectivity index (χ2n) is 3.44. The van der Waals surface area contributed by atoms with Crippen molar-refractivity contribution in [1.82, 2.24) is 9.97 Å². The van der Waals surface area contributed by atoms with Crippen LogP contribution < -0.4 is 11.3 Å². The molecule has 1 rings (SSSR count). The number of thioether (sulfide) groups is 1. The molecule has 0 spiro atoms. The third-order valence-electron chi connectivity index (χ3n) is 1.81. The van der Waals surface area contributed by atoms with Crippen LogP contribution in [0.4, 0.5) is 0 Å². The Morgan fingerprint density at radius 1 is 1.75 bits per heavy atom. The maximum Gasteiger partial charge on any atom is 0.326 e. The molecular weight excluding hydrogens is 230 g/mol. The molecule has 0 saturated carbocycles. The highest BCUT2D eigenvalue weighted by atomic mass is 32.2. The fraction of sp³-hybridized carbons (Fsp3) is 0.444. The number of nitrogens with zero attached hydrogens (tertiary/aromatic N) is 1. The van der Waals surface area contributed by atoms with Gasteiger partial charge in [-0.15, -0.1) is 0 Å². The number of ether oxygens (including phenoxy) is 1. The van der Waals surface area contributed by atoms with E-state index in [0.29, 0.717) is 5.16 Å². The molecule has 7 heteroatoms. The molecule has 0 aliphatic heterocycles. The zero-order valence-corrected chi connectivity index (χ0v) is 9.84. The number of esters is 1. The van der Waals surface area contributed by atoms with Gasteiger partial charge in [0.15, 0.2) is 5.16 Å². The maximum atomic E-state index is 11.3. The van der Waals surface area contributed by atoms with Crippen molar-refractivity contribution in [1.29, 1.82) is 0 Å². The summed E-state index contributed by atoms with van der Waals surface area (Å²) < 4.78 is 4.56. The lowest BCUT2D eigenvalue weighted by atomic mass is 10.1. The second kappa shape index (κ2) is 5.13. The molecule has 0 aliphatic rings. The average Bonchev–Trinajstić information content (AvgIpc) is 2.25. The van der Waals surface area contributed by atoms with E-state index >= 15 is 0 Å². The minimum Gasteiger partial charge on any atom is -0.468 e. The first-order chi connectivity index (χ1) is 7.45. The highest BCUT2D eigenvalue weighted by Gasteiger charge is 2.29. The first-order valence-electron chi connectivity index (χ1n) is 4.51. The minimum absolute atomic E-state index is 0.241. The van der Waals surface area contributed by atoms with E-state index in [1.54, 1.807) is 6.92 Å². The zero-order valence-electron chi connectivity index (χ0n) is 9.02. The first-order valence-corrected chi connectivity index (χ1v) is 5.50. The number of carbonyl (C=O) groups is 1. The van der Waals surface area contributed by atoms with Gasteiger partial charge in [-0.2, -0.15) is 0 Å². The largest absolute Gasteiger partial charge is 0.468 e. The topological polar surface area (TPSA) is 98.1 Å². The van der Waals surface area contributed by atoms with Crippen LogP contribution in [-0.4, -0.2) is 34.3 Å². The molecule has 0 fully saturated rings. The van der Waals surface area contributed by atoms with Crippen molar-refractivity contribution in [2.75, 3.05) is 12.9 Å². The van der Waals surface area contributed by atoms with Gasteiger partial charge in [0, 0.05) is 18.0 Å². The molecule has 0 bridgehead atoms. The number of aromatic amines is 1. The maximum absolute atomic E-state index is 11.3. The Morgan fingerprint density at radius 3 is 3.00 bits per heavy atom. The molecule has 0 amide bonds. The number of rotatable bonds is 4. The molecule has 1 aromatic rings. The van der Waals surface area contributed by atoms with Gasteiger partial charge in [-0.05, 0) is 6.92 Å². The number of methoxy groups -OCH3 is 1. The summed E-state index contributed by atoms with van der Waals surface area (Å²) in [6, 6.07) is 1.31. The van der Waals surface area contributed by atoms with Gasteiger partial charge in [-0.1, -0.05) is 11.8 Å². The normalized spacial score (nSPS) is 14.2. The van der Waals surface area contributed by atoms with Crippen LogP contribution in [0.15, 0.2) is 22.2 Å². The van der Waals surface area contributed by atoms with Crippen LogP contribution in [0.3, 0.4) is 0 Å². The van der Waals surface area contributed by atoms with Crippen LogP contribution in [-0.2, 0) is 9.53 Å². The quantitative estimate of drug-likeness (QED) is 0.430. The predicted molar refractivity (Wildman–Crippen MR) is 60.2 cm³/mol. The summed E-state index contributed by atoms with van der Waals surface area (Å²) in [5.74, 6) is -0.231. The second-order valence-corrected chi connectivity index (χ2v) is 4.40. The van der Waals surface area contributed by atoms with Crippen molar-refractivity contribution in [3.8, 4) is 0 Å². The summed E-state index contributed by atoms with van der Waals surface area (Å²) in [4.78, 5) is 28.7. The summed E-state index contributed by atoms with van der Waals surface area (Å²) in [6.45, 7) is 1.56. The molecule has 1 heterocycles. The molecule has 0 aliphatic carbocycles. The third kappa shape index (κ3) is 3.35. The van der Waals surface area contributed by atoms with Gasteiger partial charge < -0.3 is 15.5 Å². The monoisotopic (exact) mass is 243 g/mol. The molecule has 16 heavy (non-hydrogen) atoms. The highest BCUT2D eigenvalue weighted by Crippen LogP contribution is 2.17. The Balaban J connectivity index is 2.64. The molecule has 1 atom stereocenters. The van der Waals surface area contributed by atoms with E-state index < -0.39 is 11.5 Å². The van der Waals surface area contributed by atoms with E-state index in [1.807, 2.05) is 0 Å². The van der Waals surface area contributed by atoms with Crippen molar-refractivity contribution in [3.05, 3.63) is 22.6 Å². The molecule has 88 valence electrons. The summed E-state index contributed by atoms with van der Waals surface area (Å²) in [7, 11) is 1.28. The van der Waals surface area contributed by atoms with Crippen molar-refractivity contribution in [2.24, 2.45) is 5.73 Å². The fourth-order valence-electron chi connectivity index (χ4n) is 0.936. The van der Waals surface area contributed by atoms with Gasteiger partial charge in [-0.25, -0.2) is 4.98 Å². The van der Waals surface area contributed by atoms with Gasteiger partial charge in [0.25, 0.3) is 5.56 Å². The Hall–Kier alpha value is -1.34. The molecule has 6 nitrogen and oxygen atoms in total. The number of aromatic nitrogens is 2. The number of hydrogen-bond donors (Lipinski definition) is 2. The average molecular weight is 243 g/mol. The van der Waals surface area contributed by atoms with E-state index in [2.05, 4.69) is 14.7 Å². The van der Waals surface area contributed by atoms with Crippen molar-refractivity contribution in [2.45, 2.75) is 17.6 Å². The number of carbonyl (C=O) groups excluding carboxylic acids is 1. The summed E-state index contributed by atoms with van der Waals surface area (Å²) in [5.41, 5.74) is 4.40. The molecule has 3 N–H and O–H groups in total. The Labute approximate surface area is 96.6 Å². The number of hydrogen-bond acceptors (Lipinski definition) is 6. The zero-order chi connectivity index (χ0) is 12.2. The van der Waals surface area contributed by atoms with E-state index in [-0.39, 0.29) is 11.3 Å². The van der Waals surface area contributed by atoms with Crippen LogP contribution in [0.25, 0.3) is 0 Å². The lowest BCUT2D eigenvalue weighted by Crippen LogP contribution is -2.48. The Bertz CT molecular complexity index is 430. The van der Waals surface area contributed by atoms with E-state index in [4.69, 9.17) is 5.73 Å². The van der Waals surface area contributed by atoms with E-state index in [1.165, 1.54) is 31.1 Å². The molecule has 0 aromatic carbocycles. The molecular formula is C9H13N3O3S. The molecule has 0 saturated heterocycles. The number of nitrogens with one attached hydrogen (secondary N) is 1. The first kappa shape index (κ1) is 12.7. The van der Waals surface area contributed by atoms with Gasteiger partial charge in [0.05, 0.1) is 7.11 Å². The highest BCUT2D eigenvalue weighted by molar-refractivity contribution is 7.99. The van der Waals surface area contributed by atoms with Gasteiger partial charge in [0.1, 0.15) is 5.54 Å². The number of H-pyrrole nitrogens is 1. The molecule has 1 unspecified atom stereocenters. The van der Waals surface area contributed by atoms with Crippen molar-refractivity contribution >= 4 is 17.7 Å².